The van der Waals surface area contributed by atoms with Crippen molar-refractivity contribution in [2.75, 3.05) is 31.6 Å². The molecule has 1 amide bonds. The van der Waals surface area contributed by atoms with Crippen LogP contribution < -0.4 is 15.5 Å². The van der Waals surface area contributed by atoms with Gasteiger partial charge in [-0.2, -0.15) is 0 Å². The lowest BCUT2D eigenvalue weighted by Gasteiger charge is -2.18. The molecular formula is C20H24FIN4O. The number of hydrogen-bond donors (Lipinski definition) is 2. The number of para-hydroxylation sites is 1. The van der Waals surface area contributed by atoms with Gasteiger partial charge in [0.15, 0.2) is 5.96 Å². The van der Waals surface area contributed by atoms with Crippen LogP contribution in [0.25, 0.3) is 0 Å². The molecule has 1 heterocycles. The van der Waals surface area contributed by atoms with Gasteiger partial charge in [-0.15, -0.1) is 24.0 Å². The second-order valence-corrected chi connectivity index (χ2v) is 6.16. The molecule has 0 aromatic heterocycles. The normalized spacial score (nSPS) is 13.0. The summed E-state index contributed by atoms with van der Waals surface area (Å²) < 4.78 is 13.2. The fourth-order valence-corrected chi connectivity index (χ4v) is 3.09. The lowest BCUT2D eigenvalue weighted by Crippen LogP contribution is -2.44. The van der Waals surface area contributed by atoms with Crippen LogP contribution in [0.4, 0.5) is 10.1 Å². The molecule has 2 aromatic carbocycles. The van der Waals surface area contributed by atoms with Crippen LogP contribution in [-0.2, 0) is 17.6 Å². The SMILES string of the molecule is CN=C(NCCc1cccc(F)c1)NCC(=O)N1CCc2ccccc21.I. The number of anilines is 1. The smallest absolute Gasteiger partial charge is 0.246 e. The molecule has 7 heteroatoms. The minimum absolute atomic E-state index is 0. The molecular weight excluding hydrogens is 458 g/mol. The number of rotatable bonds is 5. The quantitative estimate of drug-likeness (QED) is 0.392. The third kappa shape index (κ3) is 5.66. The third-order valence-corrected chi connectivity index (χ3v) is 4.41. The van der Waals surface area contributed by atoms with E-state index in [9.17, 15) is 9.18 Å². The Morgan fingerprint density at radius 2 is 2.00 bits per heavy atom. The molecule has 1 aliphatic heterocycles. The Bertz CT molecular complexity index is 812. The van der Waals surface area contributed by atoms with Gasteiger partial charge in [0.2, 0.25) is 5.91 Å². The van der Waals surface area contributed by atoms with Crippen molar-refractivity contribution in [3.8, 4) is 0 Å². The number of halogens is 2. The maximum atomic E-state index is 13.2. The number of carbonyl (C=O) groups is 1. The van der Waals surface area contributed by atoms with Crippen molar-refractivity contribution in [1.29, 1.82) is 0 Å². The Labute approximate surface area is 176 Å². The minimum Gasteiger partial charge on any atom is -0.356 e. The Hall–Kier alpha value is -2.16. The van der Waals surface area contributed by atoms with Gasteiger partial charge in [-0.05, 0) is 42.2 Å². The van der Waals surface area contributed by atoms with Gasteiger partial charge in [-0.3, -0.25) is 9.79 Å². The van der Waals surface area contributed by atoms with Crippen molar-refractivity contribution in [3.63, 3.8) is 0 Å². The number of nitrogens with one attached hydrogen (secondary N) is 2. The first-order valence-corrected chi connectivity index (χ1v) is 8.74. The van der Waals surface area contributed by atoms with E-state index in [4.69, 9.17) is 0 Å². The minimum atomic E-state index is -0.235. The average molecular weight is 482 g/mol. The molecule has 0 saturated carbocycles. The topological polar surface area (TPSA) is 56.7 Å². The van der Waals surface area contributed by atoms with Crippen LogP contribution >= 0.6 is 24.0 Å². The lowest BCUT2D eigenvalue weighted by atomic mass is 10.1. The Morgan fingerprint density at radius 1 is 1.19 bits per heavy atom. The summed E-state index contributed by atoms with van der Waals surface area (Å²) in [5.41, 5.74) is 3.12. The van der Waals surface area contributed by atoms with Crippen molar-refractivity contribution >= 4 is 41.5 Å². The third-order valence-electron chi connectivity index (χ3n) is 4.41. The van der Waals surface area contributed by atoms with E-state index in [1.54, 1.807) is 13.1 Å². The van der Waals surface area contributed by atoms with Crippen molar-refractivity contribution in [2.24, 2.45) is 4.99 Å². The van der Waals surface area contributed by atoms with Gasteiger partial charge in [0.05, 0.1) is 6.54 Å². The fourth-order valence-electron chi connectivity index (χ4n) is 3.09. The van der Waals surface area contributed by atoms with Gasteiger partial charge < -0.3 is 15.5 Å². The summed E-state index contributed by atoms with van der Waals surface area (Å²) in [5, 5.41) is 6.20. The maximum absolute atomic E-state index is 13.2. The number of aliphatic imine (C=N–C) groups is 1. The summed E-state index contributed by atoms with van der Waals surface area (Å²) in [7, 11) is 1.66. The van der Waals surface area contributed by atoms with Gasteiger partial charge in [0, 0.05) is 25.8 Å². The summed E-state index contributed by atoms with van der Waals surface area (Å²) in [6.45, 7) is 1.49. The molecule has 0 saturated heterocycles. The first-order valence-electron chi connectivity index (χ1n) is 8.74. The van der Waals surface area contributed by atoms with E-state index in [-0.39, 0.29) is 42.2 Å². The predicted octanol–water partition coefficient (Wildman–Crippen LogP) is 2.74. The predicted molar refractivity (Wildman–Crippen MR) is 117 cm³/mol. The number of benzene rings is 2. The maximum Gasteiger partial charge on any atom is 0.246 e. The van der Waals surface area contributed by atoms with E-state index in [2.05, 4.69) is 21.7 Å². The van der Waals surface area contributed by atoms with E-state index >= 15 is 0 Å². The molecule has 0 atom stereocenters. The first-order chi connectivity index (χ1) is 12.7. The molecule has 5 nitrogen and oxygen atoms in total. The van der Waals surface area contributed by atoms with Crippen molar-refractivity contribution < 1.29 is 9.18 Å². The van der Waals surface area contributed by atoms with Gasteiger partial charge in [-0.25, -0.2) is 4.39 Å². The molecule has 2 N–H and O–H groups in total. The Balaban J connectivity index is 0.00000261. The summed E-state index contributed by atoms with van der Waals surface area (Å²) in [5.74, 6) is 0.340. The van der Waals surface area contributed by atoms with Crippen LogP contribution in [0.5, 0.6) is 0 Å². The average Bonchev–Trinajstić information content (AvgIpc) is 3.08. The molecule has 144 valence electrons. The molecule has 0 spiro atoms. The number of guanidine groups is 1. The lowest BCUT2D eigenvalue weighted by molar-refractivity contribution is -0.117. The summed E-state index contributed by atoms with van der Waals surface area (Å²) in [6.07, 6.45) is 1.56. The highest BCUT2D eigenvalue weighted by Crippen LogP contribution is 2.27. The van der Waals surface area contributed by atoms with Crippen LogP contribution in [-0.4, -0.2) is 38.5 Å². The van der Waals surface area contributed by atoms with Gasteiger partial charge in [0.1, 0.15) is 5.82 Å². The van der Waals surface area contributed by atoms with Gasteiger partial charge >= 0.3 is 0 Å². The van der Waals surface area contributed by atoms with E-state index in [1.165, 1.54) is 17.7 Å². The number of carbonyl (C=O) groups excluding carboxylic acids is 1. The fraction of sp³-hybridized carbons (Fsp3) is 0.300. The van der Waals surface area contributed by atoms with Gasteiger partial charge in [-0.1, -0.05) is 30.3 Å². The molecule has 2 aromatic rings. The van der Waals surface area contributed by atoms with E-state index in [0.717, 1.165) is 17.7 Å². The number of nitrogens with zero attached hydrogens (tertiary/aromatic N) is 2. The van der Waals surface area contributed by atoms with E-state index in [0.29, 0.717) is 25.5 Å². The Morgan fingerprint density at radius 3 is 2.78 bits per heavy atom. The first kappa shape index (κ1) is 21.1. The number of amides is 1. The second kappa shape index (κ2) is 10.2. The molecule has 0 radical (unpaired) electrons. The standard InChI is InChI=1S/C20H23FN4O.HI/c1-22-20(23-11-9-15-5-4-7-17(21)13-15)24-14-19(26)25-12-10-16-6-2-3-8-18(16)25;/h2-8,13H,9-12,14H2,1H3,(H2,22,23,24);1H. The molecule has 0 fully saturated rings. The van der Waals surface area contributed by atoms with E-state index in [1.807, 2.05) is 29.2 Å². The molecule has 1 aliphatic rings. The highest BCUT2D eigenvalue weighted by molar-refractivity contribution is 14.0. The van der Waals surface area contributed by atoms with Crippen molar-refractivity contribution in [2.45, 2.75) is 12.8 Å². The highest BCUT2D eigenvalue weighted by atomic mass is 127. The second-order valence-electron chi connectivity index (χ2n) is 6.16. The molecule has 0 unspecified atom stereocenters. The number of fused-ring (bicyclic) bond motifs is 1. The molecule has 3 rings (SSSR count). The van der Waals surface area contributed by atoms with Crippen molar-refractivity contribution in [1.82, 2.24) is 10.6 Å². The zero-order chi connectivity index (χ0) is 18.4. The van der Waals surface area contributed by atoms with Gasteiger partial charge in [0.25, 0.3) is 0 Å². The van der Waals surface area contributed by atoms with Crippen LogP contribution in [0.15, 0.2) is 53.5 Å². The zero-order valence-electron chi connectivity index (χ0n) is 15.2. The summed E-state index contributed by atoms with van der Waals surface area (Å²) >= 11 is 0. The van der Waals surface area contributed by atoms with Crippen molar-refractivity contribution in [3.05, 3.63) is 65.5 Å². The molecule has 0 bridgehead atoms. The van der Waals surface area contributed by atoms with Crippen LogP contribution in [0, 0.1) is 5.82 Å². The van der Waals surface area contributed by atoms with E-state index < -0.39 is 0 Å². The largest absolute Gasteiger partial charge is 0.356 e. The Kier molecular flexibility index (Phi) is 8.02. The number of hydrogen-bond acceptors (Lipinski definition) is 2. The van der Waals surface area contributed by atoms with Crippen LogP contribution in [0.3, 0.4) is 0 Å². The summed E-state index contributed by atoms with van der Waals surface area (Å²) in [4.78, 5) is 18.4. The van der Waals surface area contributed by atoms with Crippen LogP contribution in [0.1, 0.15) is 11.1 Å². The molecule has 27 heavy (non-hydrogen) atoms. The summed E-state index contributed by atoms with van der Waals surface area (Å²) in [6, 6.07) is 14.5. The highest BCUT2D eigenvalue weighted by Gasteiger charge is 2.23. The molecule has 0 aliphatic carbocycles. The van der Waals surface area contributed by atoms with Crippen LogP contribution in [0.2, 0.25) is 0 Å². The zero-order valence-corrected chi connectivity index (χ0v) is 17.6. The monoisotopic (exact) mass is 482 g/mol.